The highest BCUT2D eigenvalue weighted by Crippen LogP contribution is 2.16. The Labute approximate surface area is 71.4 Å². The highest BCUT2D eigenvalue weighted by molar-refractivity contribution is 5.98. The Morgan fingerprint density at radius 2 is 1.75 bits per heavy atom. The van der Waals surface area contributed by atoms with Crippen LogP contribution in [0.2, 0.25) is 0 Å². The Balaban J connectivity index is 3.33. The fraction of sp³-hybridized carbons (Fsp3) is 0.222. The lowest BCUT2D eigenvalue weighted by molar-refractivity contribution is 0.100. The Morgan fingerprint density at radius 1 is 1.25 bits per heavy atom. The van der Waals surface area contributed by atoms with E-state index in [-0.39, 0.29) is 0 Å². The van der Waals surface area contributed by atoms with Crippen molar-refractivity contribution in [2.24, 2.45) is 5.73 Å². The van der Waals surface area contributed by atoms with E-state index in [0.29, 0.717) is 11.3 Å². The van der Waals surface area contributed by atoms with Gasteiger partial charge in [-0.25, -0.2) is 0 Å². The molecule has 0 aliphatic heterocycles. The average Bonchev–Trinajstić information content (AvgIpc) is 1.96. The minimum Gasteiger partial charge on any atom is -0.398 e. The molecule has 0 aliphatic rings. The monoisotopic (exact) mass is 164 g/mol. The van der Waals surface area contributed by atoms with Gasteiger partial charge in [0.2, 0.25) is 0 Å². The van der Waals surface area contributed by atoms with E-state index in [1.165, 1.54) is 0 Å². The third-order valence-electron chi connectivity index (χ3n) is 1.93. The van der Waals surface area contributed by atoms with Crippen LogP contribution in [0.5, 0.6) is 0 Å². The number of primary amides is 1. The third-order valence-corrected chi connectivity index (χ3v) is 1.93. The normalized spacial score (nSPS) is 9.83. The van der Waals surface area contributed by atoms with E-state index in [1.807, 2.05) is 13.8 Å². The van der Waals surface area contributed by atoms with Crippen LogP contribution in [-0.4, -0.2) is 5.91 Å². The number of benzene rings is 1. The van der Waals surface area contributed by atoms with Crippen LogP contribution in [0.25, 0.3) is 0 Å². The fourth-order valence-corrected chi connectivity index (χ4v) is 1.05. The van der Waals surface area contributed by atoms with Gasteiger partial charge in [0.15, 0.2) is 0 Å². The molecule has 0 heterocycles. The van der Waals surface area contributed by atoms with E-state index < -0.39 is 5.91 Å². The van der Waals surface area contributed by atoms with Crippen molar-refractivity contribution < 1.29 is 4.79 Å². The van der Waals surface area contributed by atoms with E-state index >= 15 is 0 Å². The van der Waals surface area contributed by atoms with Crippen LogP contribution in [0.15, 0.2) is 12.1 Å². The van der Waals surface area contributed by atoms with Gasteiger partial charge >= 0.3 is 0 Å². The summed E-state index contributed by atoms with van der Waals surface area (Å²) in [7, 11) is 0. The SMILES string of the molecule is Cc1cc(N)c(C(N)=O)cc1C. The number of nitrogen functional groups attached to an aromatic ring is 1. The molecule has 0 spiro atoms. The predicted octanol–water partition coefficient (Wildman–Crippen LogP) is 0.985. The summed E-state index contributed by atoms with van der Waals surface area (Å²) in [6, 6.07) is 3.47. The molecule has 12 heavy (non-hydrogen) atoms. The Bertz CT molecular complexity index is 332. The van der Waals surface area contributed by atoms with Crippen molar-refractivity contribution in [2.45, 2.75) is 13.8 Å². The summed E-state index contributed by atoms with van der Waals surface area (Å²) >= 11 is 0. The van der Waals surface area contributed by atoms with Crippen LogP contribution < -0.4 is 11.5 Å². The topological polar surface area (TPSA) is 69.1 Å². The summed E-state index contributed by atoms with van der Waals surface area (Å²) in [6.45, 7) is 3.86. The number of anilines is 1. The second kappa shape index (κ2) is 2.85. The van der Waals surface area contributed by atoms with Gasteiger partial charge in [0, 0.05) is 5.69 Å². The molecule has 0 aliphatic carbocycles. The molecule has 0 saturated carbocycles. The third kappa shape index (κ3) is 1.39. The molecule has 0 aromatic heterocycles. The molecule has 0 fully saturated rings. The number of carbonyl (C=O) groups excluding carboxylic acids is 1. The lowest BCUT2D eigenvalue weighted by atomic mass is 10.0. The largest absolute Gasteiger partial charge is 0.398 e. The maximum atomic E-state index is 10.8. The number of aryl methyl sites for hydroxylation is 2. The van der Waals surface area contributed by atoms with Crippen molar-refractivity contribution in [3.05, 3.63) is 28.8 Å². The van der Waals surface area contributed by atoms with Gasteiger partial charge in [-0.15, -0.1) is 0 Å². The molecule has 0 bridgehead atoms. The van der Waals surface area contributed by atoms with Crippen molar-refractivity contribution in [1.29, 1.82) is 0 Å². The zero-order valence-corrected chi connectivity index (χ0v) is 7.22. The van der Waals surface area contributed by atoms with Crippen molar-refractivity contribution in [3.63, 3.8) is 0 Å². The minimum absolute atomic E-state index is 0.401. The molecule has 1 aromatic carbocycles. The van der Waals surface area contributed by atoms with Crippen LogP contribution in [0.1, 0.15) is 21.5 Å². The van der Waals surface area contributed by atoms with Gasteiger partial charge in [0.05, 0.1) is 5.56 Å². The quantitative estimate of drug-likeness (QED) is 0.607. The van der Waals surface area contributed by atoms with Crippen LogP contribution >= 0.6 is 0 Å². The molecule has 0 radical (unpaired) electrons. The molecule has 3 heteroatoms. The highest BCUT2D eigenvalue weighted by Gasteiger charge is 2.06. The predicted molar refractivity (Wildman–Crippen MR) is 48.8 cm³/mol. The Hall–Kier alpha value is -1.51. The number of amides is 1. The molecule has 4 N–H and O–H groups in total. The molecular weight excluding hydrogens is 152 g/mol. The van der Waals surface area contributed by atoms with Gasteiger partial charge in [-0.2, -0.15) is 0 Å². The van der Waals surface area contributed by atoms with E-state index in [4.69, 9.17) is 11.5 Å². The fourth-order valence-electron chi connectivity index (χ4n) is 1.05. The van der Waals surface area contributed by atoms with Gasteiger partial charge in [0.25, 0.3) is 5.91 Å². The molecule has 3 nitrogen and oxygen atoms in total. The van der Waals surface area contributed by atoms with Crippen molar-refractivity contribution in [2.75, 3.05) is 5.73 Å². The van der Waals surface area contributed by atoms with Crippen molar-refractivity contribution in [3.8, 4) is 0 Å². The second-order valence-electron chi connectivity index (χ2n) is 2.89. The van der Waals surface area contributed by atoms with E-state index in [1.54, 1.807) is 12.1 Å². The van der Waals surface area contributed by atoms with Crippen LogP contribution in [-0.2, 0) is 0 Å². The maximum absolute atomic E-state index is 10.8. The number of rotatable bonds is 1. The van der Waals surface area contributed by atoms with Gasteiger partial charge in [-0.1, -0.05) is 0 Å². The number of hydrogen-bond acceptors (Lipinski definition) is 2. The first-order valence-electron chi connectivity index (χ1n) is 3.69. The first kappa shape index (κ1) is 8.59. The molecule has 1 amide bonds. The Kier molecular flexibility index (Phi) is 2.04. The molecule has 0 unspecified atom stereocenters. The lowest BCUT2D eigenvalue weighted by Crippen LogP contribution is -2.13. The molecule has 1 aromatic rings. The zero-order valence-electron chi connectivity index (χ0n) is 7.22. The van der Waals surface area contributed by atoms with Gasteiger partial charge in [-0.3, -0.25) is 4.79 Å². The zero-order chi connectivity index (χ0) is 9.30. The second-order valence-corrected chi connectivity index (χ2v) is 2.89. The number of carbonyl (C=O) groups is 1. The summed E-state index contributed by atoms with van der Waals surface area (Å²) in [6.07, 6.45) is 0. The Morgan fingerprint density at radius 3 is 2.25 bits per heavy atom. The smallest absolute Gasteiger partial charge is 0.250 e. The van der Waals surface area contributed by atoms with E-state index in [0.717, 1.165) is 11.1 Å². The molecule has 0 atom stereocenters. The molecule has 64 valence electrons. The van der Waals surface area contributed by atoms with Crippen molar-refractivity contribution in [1.82, 2.24) is 0 Å². The molecular formula is C9H12N2O. The van der Waals surface area contributed by atoms with Gasteiger partial charge in [-0.05, 0) is 37.1 Å². The standard InChI is InChI=1S/C9H12N2O/c1-5-3-7(9(11)12)8(10)4-6(5)2/h3-4H,10H2,1-2H3,(H2,11,12). The first-order chi connectivity index (χ1) is 5.52. The number of hydrogen-bond donors (Lipinski definition) is 2. The summed E-state index contributed by atoms with van der Waals surface area (Å²) in [5, 5.41) is 0. The van der Waals surface area contributed by atoms with Crippen LogP contribution in [0.4, 0.5) is 5.69 Å². The highest BCUT2D eigenvalue weighted by atomic mass is 16.1. The maximum Gasteiger partial charge on any atom is 0.250 e. The van der Waals surface area contributed by atoms with Crippen LogP contribution in [0.3, 0.4) is 0 Å². The lowest BCUT2D eigenvalue weighted by Gasteiger charge is -2.05. The number of nitrogens with two attached hydrogens (primary N) is 2. The first-order valence-corrected chi connectivity index (χ1v) is 3.69. The van der Waals surface area contributed by atoms with Gasteiger partial charge < -0.3 is 11.5 Å². The molecule has 1 rings (SSSR count). The van der Waals surface area contributed by atoms with E-state index in [9.17, 15) is 4.79 Å². The van der Waals surface area contributed by atoms with Gasteiger partial charge in [0.1, 0.15) is 0 Å². The summed E-state index contributed by atoms with van der Waals surface area (Å²) in [4.78, 5) is 10.8. The minimum atomic E-state index is -0.476. The molecule has 0 saturated heterocycles. The van der Waals surface area contributed by atoms with E-state index in [2.05, 4.69) is 0 Å². The van der Waals surface area contributed by atoms with Crippen molar-refractivity contribution >= 4 is 11.6 Å². The summed E-state index contributed by atoms with van der Waals surface area (Å²) in [5.41, 5.74) is 13.6. The summed E-state index contributed by atoms with van der Waals surface area (Å²) in [5.74, 6) is -0.476. The average molecular weight is 164 g/mol. The summed E-state index contributed by atoms with van der Waals surface area (Å²) < 4.78 is 0. The van der Waals surface area contributed by atoms with Crippen LogP contribution in [0, 0.1) is 13.8 Å².